The summed E-state index contributed by atoms with van der Waals surface area (Å²) in [5, 5.41) is 3.36. The molecule has 0 unspecified atom stereocenters. The lowest BCUT2D eigenvalue weighted by Crippen LogP contribution is -2.08. The maximum atomic E-state index is 5.86. The molecule has 0 aliphatic carbocycles. The summed E-state index contributed by atoms with van der Waals surface area (Å²) in [4.78, 5) is 0. The van der Waals surface area contributed by atoms with E-state index in [4.69, 9.17) is 4.42 Å². The van der Waals surface area contributed by atoms with Gasteiger partial charge in [-0.3, -0.25) is 0 Å². The normalized spacial score (nSPS) is 14.3. The van der Waals surface area contributed by atoms with E-state index in [1.807, 2.05) is 12.1 Å². The zero-order chi connectivity index (χ0) is 11.0. The molecule has 1 aromatic heterocycles. The Kier molecular flexibility index (Phi) is 2.48. The van der Waals surface area contributed by atoms with Crippen molar-refractivity contribution in [2.24, 2.45) is 0 Å². The van der Waals surface area contributed by atoms with Crippen molar-refractivity contribution in [2.45, 2.75) is 12.8 Å². The topological polar surface area (TPSA) is 25.2 Å². The summed E-state index contributed by atoms with van der Waals surface area (Å²) in [6.45, 7) is 1.05. The van der Waals surface area contributed by atoms with Crippen molar-refractivity contribution in [1.29, 1.82) is 0 Å². The van der Waals surface area contributed by atoms with E-state index in [0.717, 1.165) is 46.6 Å². The van der Waals surface area contributed by atoms with Gasteiger partial charge in [0.1, 0.15) is 11.5 Å². The van der Waals surface area contributed by atoms with Gasteiger partial charge in [0.15, 0.2) is 0 Å². The summed E-state index contributed by atoms with van der Waals surface area (Å²) < 4.78 is 6.94. The highest BCUT2D eigenvalue weighted by atomic mass is 79.9. The van der Waals surface area contributed by atoms with Crippen LogP contribution in [0.4, 0.5) is 5.69 Å². The van der Waals surface area contributed by atoms with Gasteiger partial charge < -0.3 is 9.73 Å². The minimum absolute atomic E-state index is 0.945. The third kappa shape index (κ3) is 1.76. The van der Waals surface area contributed by atoms with E-state index in [0.29, 0.717) is 0 Å². The van der Waals surface area contributed by atoms with E-state index in [-0.39, 0.29) is 0 Å². The molecule has 0 radical (unpaired) electrons. The Morgan fingerprint density at radius 1 is 1.25 bits per heavy atom. The summed E-state index contributed by atoms with van der Waals surface area (Å²) in [5.41, 5.74) is 2.27. The van der Waals surface area contributed by atoms with E-state index in [1.54, 1.807) is 0 Å². The predicted molar refractivity (Wildman–Crippen MR) is 68.7 cm³/mol. The van der Waals surface area contributed by atoms with Gasteiger partial charge in [-0.2, -0.15) is 0 Å². The third-order valence-electron chi connectivity index (χ3n) is 2.81. The van der Waals surface area contributed by atoms with Crippen LogP contribution in [0.5, 0.6) is 0 Å². The molecule has 0 spiro atoms. The van der Waals surface area contributed by atoms with Crippen molar-refractivity contribution in [3.8, 4) is 11.3 Å². The van der Waals surface area contributed by atoms with Crippen LogP contribution in [0.3, 0.4) is 0 Å². The van der Waals surface area contributed by atoms with Crippen molar-refractivity contribution >= 4 is 21.6 Å². The molecular weight excluding hydrogens is 266 g/mol. The lowest BCUT2D eigenvalue weighted by Gasteiger charge is -2.10. The highest BCUT2D eigenvalue weighted by Gasteiger charge is 2.15. The zero-order valence-electron chi connectivity index (χ0n) is 8.79. The van der Waals surface area contributed by atoms with Crippen molar-refractivity contribution < 1.29 is 4.42 Å². The molecule has 1 aromatic carbocycles. The Bertz CT molecular complexity index is 495. The van der Waals surface area contributed by atoms with Crippen LogP contribution in [0.2, 0.25) is 0 Å². The monoisotopic (exact) mass is 277 g/mol. The van der Waals surface area contributed by atoms with Crippen LogP contribution >= 0.6 is 15.9 Å². The molecule has 0 fully saturated rings. The number of rotatable bonds is 1. The molecule has 0 saturated carbocycles. The number of nitrogens with one attached hydrogen (secondary N) is 1. The Morgan fingerprint density at radius 2 is 2.19 bits per heavy atom. The van der Waals surface area contributed by atoms with Crippen molar-refractivity contribution in [2.75, 3.05) is 11.9 Å². The number of hydrogen-bond donors (Lipinski definition) is 1. The van der Waals surface area contributed by atoms with Crippen molar-refractivity contribution in [3.05, 3.63) is 40.6 Å². The molecule has 3 rings (SSSR count). The van der Waals surface area contributed by atoms with Gasteiger partial charge in [-0.15, -0.1) is 0 Å². The number of fused-ring (bicyclic) bond motifs is 1. The number of hydrogen-bond acceptors (Lipinski definition) is 2. The molecule has 2 heterocycles. The fourth-order valence-electron chi connectivity index (χ4n) is 2.02. The van der Waals surface area contributed by atoms with Gasteiger partial charge in [0.05, 0.1) is 5.69 Å². The Balaban J connectivity index is 2.03. The van der Waals surface area contributed by atoms with E-state index in [2.05, 4.69) is 39.4 Å². The van der Waals surface area contributed by atoms with E-state index >= 15 is 0 Å². The fourth-order valence-corrected chi connectivity index (χ4v) is 2.42. The van der Waals surface area contributed by atoms with Crippen molar-refractivity contribution in [1.82, 2.24) is 0 Å². The molecular formula is C13H12BrNO. The Hall–Kier alpha value is -1.22. The molecule has 2 aromatic rings. The second-order valence-corrected chi connectivity index (χ2v) is 4.90. The lowest BCUT2D eigenvalue weighted by molar-refractivity contribution is 0.511. The quantitative estimate of drug-likeness (QED) is 0.850. The molecule has 1 aliphatic rings. The van der Waals surface area contributed by atoms with Crippen LogP contribution in [-0.2, 0) is 6.42 Å². The first-order valence-electron chi connectivity index (χ1n) is 5.45. The summed E-state index contributed by atoms with van der Waals surface area (Å²) in [6, 6.07) is 10.3. The maximum absolute atomic E-state index is 5.86. The van der Waals surface area contributed by atoms with Crippen LogP contribution in [0.15, 0.2) is 39.2 Å². The van der Waals surface area contributed by atoms with Gasteiger partial charge in [0, 0.05) is 29.1 Å². The Morgan fingerprint density at radius 3 is 3.00 bits per heavy atom. The van der Waals surface area contributed by atoms with Crippen LogP contribution in [-0.4, -0.2) is 6.54 Å². The van der Waals surface area contributed by atoms with Gasteiger partial charge >= 0.3 is 0 Å². The molecule has 2 nitrogen and oxygen atoms in total. The van der Waals surface area contributed by atoms with Crippen LogP contribution < -0.4 is 5.32 Å². The van der Waals surface area contributed by atoms with E-state index < -0.39 is 0 Å². The predicted octanol–water partition coefficient (Wildman–Crippen LogP) is 4.07. The maximum Gasteiger partial charge on any atom is 0.136 e. The van der Waals surface area contributed by atoms with Crippen LogP contribution in [0.25, 0.3) is 11.3 Å². The summed E-state index contributed by atoms with van der Waals surface area (Å²) >= 11 is 3.47. The van der Waals surface area contributed by atoms with Gasteiger partial charge in [0.25, 0.3) is 0 Å². The molecule has 0 amide bonds. The molecule has 0 bridgehead atoms. The molecule has 1 aliphatic heterocycles. The fraction of sp³-hybridized carbons (Fsp3) is 0.231. The molecule has 0 saturated heterocycles. The summed E-state index contributed by atoms with van der Waals surface area (Å²) in [7, 11) is 0. The highest BCUT2D eigenvalue weighted by molar-refractivity contribution is 9.10. The standard InChI is InChI=1S/C13H12BrNO/c14-10-4-1-3-9(7-10)13-8-11-12(16-13)5-2-6-15-11/h1,3-4,7-8,15H,2,5-6H2. The lowest BCUT2D eigenvalue weighted by atomic mass is 10.1. The first-order valence-corrected chi connectivity index (χ1v) is 6.25. The average molecular weight is 278 g/mol. The summed E-state index contributed by atoms with van der Waals surface area (Å²) in [5.74, 6) is 2.03. The zero-order valence-corrected chi connectivity index (χ0v) is 10.4. The first kappa shape index (κ1) is 9.97. The van der Waals surface area contributed by atoms with Crippen LogP contribution in [0, 0.1) is 0 Å². The molecule has 3 heteroatoms. The highest BCUT2D eigenvalue weighted by Crippen LogP contribution is 2.32. The first-order chi connectivity index (χ1) is 7.83. The Labute approximate surface area is 103 Å². The second-order valence-electron chi connectivity index (χ2n) is 3.99. The van der Waals surface area contributed by atoms with Gasteiger partial charge in [-0.05, 0) is 18.6 Å². The van der Waals surface area contributed by atoms with Gasteiger partial charge in [0.2, 0.25) is 0 Å². The van der Waals surface area contributed by atoms with Crippen LogP contribution in [0.1, 0.15) is 12.2 Å². The third-order valence-corrected chi connectivity index (χ3v) is 3.31. The number of furan rings is 1. The van der Waals surface area contributed by atoms with Crippen molar-refractivity contribution in [3.63, 3.8) is 0 Å². The molecule has 1 N–H and O–H groups in total. The molecule has 82 valence electrons. The molecule has 16 heavy (non-hydrogen) atoms. The van der Waals surface area contributed by atoms with E-state index in [1.165, 1.54) is 0 Å². The minimum Gasteiger partial charge on any atom is -0.459 e. The number of benzene rings is 1. The SMILES string of the molecule is Brc1cccc(-c2cc3c(o2)CCCN3)c1. The van der Waals surface area contributed by atoms with E-state index in [9.17, 15) is 0 Å². The van der Waals surface area contributed by atoms with Gasteiger partial charge in [-0.25, -0.2) is 0 Å². The minimum atomic E-state index is 0.945. The largest absolute Gasteiger partial charge is 0.459 e. The second kappa shape index (κ2) is 3.98. The average Bonchev–Trinajstić information content (AvgIpc) is 2.72. The number of aryl methyl sites for hydroxylation is 1. The number of halogens is 1. The smallest absolute Gasteiger partial charge is 0.136 e. The number of anilines is 1. The summed E-state index contributed by atoms with van der Waals surface area (Å²) in [6.07, 6.45) is 2.19. The molecule has 0 atom stereocenters. The van der Waals surface area contributed by atoms with Gasteiger partial charge in [-0.1, -0.05) is 28.1 Å².